The van der Waals surface area contributed by atoms with E-state index in [-0.39, 0.29) is 37.0 Å². The van der Waals surface area contributed by atoms with Gasteiger partial charge in [-0.25, -0.2) is 4.39 Å². The average Bonchev–Trinajstić information content (AvgIpc) is 3.59. The molecule has 1 saturated carbocycles. The van der Waals surface area contributed by atoms with Gasteiger partial charge in [-0.15, -0.1) is 0 Å². The van der Waals surface area contributed by atoms with Crippen molar-refractivity contribution in [3.63, 3.8) is 0 Å². The summed E-state index contributed by atoms with van der Waals surface area (Å²) in [5.74, 6) is -6.25. The molecule has 3 fully saturated rings. The Morgan fingerprint density at radius 3 is 2.20 bits per heavy atom. The highest BCUT2D eigenvalue weighted by Crippen LogP contribution is 2.65. The molecule has 11 heteroatoms. The van der Waals surface area contributed by atoms with Crippen LogP contribution in [0, 0.1) is 29.5 Å². The van der Waals surface area contributed by atoms with Crippen molar-refractivity contribution in [2.75, 3.05) is 10.3 Å². The molecule has 5 aromatic rings. The Bertz CT molecular complexity index is 2410. The van der Waals surface area contributed by atoms with E-state index in [9.17, 15) is 23.9 Å². The highest BCUT2D eigenvalue weighted by molar-refractivity contribution is 6.30. The van der Waals surface area contributed by atoms with Crippen LogP contribution in [-0.2, 0) is 31.2 Å². The number of halogens is 2. The Balaban J connectivity index is 1.21. The molecule has 2 heterocycles. The first kappa shape index (κ1) is 35.4. The number of carbonyl (C=O) groups is 4. The second-order valence-electron chi connectivity index (χ2n) is 14.7. The van der Waals surface area contributed by atoms with E-state index in [1.165, 1.54) is 35.2 Å². The molecule has 2 aliphatic carbocycles. The highest BCUT2D eigenvalue weighted by atomic mass is 35.5. The van der Waals surface area contributed by atoms with Crippen LogP contribution in [0.3, 0.4) is 0 Å². The van der Waals surface area contributed by atoms with E-state index in [0.717, 1.165) is 10.6 Å². The molecule has 0 spiro atoms. The molecule has 56 heavy (non-hydrogen) atoms. The van der Waals surface area contributed by atoms with Gasteiger partial charge in [0.1, 0.15) is 23.9 Å². The third-order valence-electron chi connectivity index (χ3n) is 11.8. The fraction of sp³-hybridized carbons (Fsp3) is 0.200. The number of hydrogen-bond donors (Lipinski definition) is 2. The van der Waals surface area contributed by atoms with Crippen LogP contribution < -0.4 is 15.1 Å². The Morgan fingerprint density at radius 2 is 1.50 bits per heavy atom. The maximum atomic E-state index is 15.4. The van der Waals surface area contributed by atoms with Crippen molar-refractivity contribution in [1.82, 2.24) is 5.01 Å². The summed E-state index contributed by atoms with van der Waals surface area (Å²) in [4.78, 5) is 60.0. The van der Waals surface area contributed by atoms with Crippen LogP contribution in [0.25, 0.3) is 0 Å². The van der Waals surface area contributed by atoms with Crippen LogP contribution in [-0.4, -0.2) is 33.7 Å². The predicted molar refractivity (Wildman–Crippen MR) is 207 cm³/mol. The number of imide groups is 2. The van der Waals surface area contributed by atoms with E-state index in [1.807, 2.05) is 42.5 Å². The molecule has 9 rings (SSSR count). The summed E-state index contributed by atoms with van der Waals surface area (Å²) in [5, 5.41) is 13.4. The molecule has 0 aromatic heterocycles. The zero-order chi connectivity index (χ0) is 38.7. The molecule has 6 atom stereocenters. The zero-order valence-corrected chi connectivity index (χ0v) is 30.6. The lowest BCUT2D eigenvalue weighted by atomic mass is 9.49. The van der Waals surface area contributed by atoms with Crippen LogP contribution in [0.5, 0.6) is 11.5 Å². The normalized spacial score (nSPS) is 25.4. The number of benzene rings is 5. The molecule has 9 nitrogen and oxygen atoms in total. The summed E-state index contributed by atoms with van der Waals surface area (Å²) in [7, 11) is 0. The number of allylic oxidation sites excluding steroid dienone is 2. The highest BCUT2D eigenvalue weighted by Gasteiger charge is 2.70. The molecular formula is C45H35ClFN3O6. The largest absolute Gasteiger partial charge is 0.508 e. The number of anilines is 2. The van der Waals surface area contributed by atoms with Crippen molar-refractivity contribution in [1.29, 1.82) is 0 Å². The number of hydrogen-bond acceptors (Lipinski definition) is 7. The number of para-hydroxylation sites is 1. The van der Waals surface area contributed by atoms with Crippen molar-refractivity contribution >= 4 is 46.6 Å². The maximum Gasteiger partial charge on any atom is 0.260 e. The Morgan fingerprint density at radius 1 is 0.804 bits per heavy atom. The van der Waals surface area contributed by atoms with Gasteiger partial charge in [-0.3, -0.25) is 29.5 Å². The van der Waals surface area contributed by atoms with Gasteiger partial charge in [-0.05, 0) is 84.5 Å². The average molecular weight is 768 g/mol. The summed E-state index contributed by atoms with van der Waals surface area (Å²) < 4.78 is 20.0. The molecule has 2 saturated heterocycles. The van der Waals surface area contributed by atoms with Gasteiger partial charge in [0.25, 0.3) is 11.8 Å². The molecule has 2 N–H and O–H groups in total. The minimum absolute atomic E-state index is 0.0684. The number of fused-ring (bicyclic) bond motifs is 4. The van der Waals surface area contributed by atoms with Crippen molar-refractivity contribution in [2.45, 2.75) is 30.8 Å². The van der Waals surface area contributed by atoms with Gasteiger partial charge in [0, 0.05) is 22.6 Å². The Hall–Kier alpha value is -6.26. The fourth-order valence-corrected chi connectivity index (χ4v) is 9.56. The summed E-state index contributed by atoms with van der Waals surface area (Å²) in [5.41, 5.74) is 4.54. The number of nitrogens with zero attached hydrogens (tertiary/aromatic N) is 2. The number of phenols is 1. The second kappa shape index (κ2) is 13.8. The van der Waals surface area contributed by atoms with Crippen molar-refractivity contribution < 1.29 is 33.4 Å². The summed E-state index contributed by atoms with van der Waals surface area (Å²) in [6, 6.07) is 35.3. The van der Waals surface area contributed by atoms with E-state index in [0.29, 0.717) is 38.8 Å². The summed E-state index contributed by atoms with van der Waals surface area (Å²) >= 11 is 6.40. The number of hydrazine groups is 1. The first-order valence-corrected chi connectivity index (χ1v) is 18.8. The van der Waals surface area contributed by atoms with Crippen LogP contribution in [0.15, 0.2) is 139 Å². The minimum Gasteiger partial charge on any atom is -0.508 e. The lowest BCUT2D eigenvalue weighted by molar-refractivity contribution is -0.138. The molecule has 280 valence electrons. The monoisotopic (exact) mass is 767 g/mol. The fourth-order valence-electron chi connectivity index (χ4n) is 9.43. The molecule has 0 radical (unpaired) electrons. The van der Waals surface area contributed by atoms with Crippen LogP contribution in [0.4, 0.5) is 15.8 Å². The smallest absolute Gasteiger partial charge is 0.260 e. The van der Waals surface area contributed by atoms with Gasteiger partial charge in [0.15, 0.2) is 0 Å². The predicted octanol–water partition coefficient (Wildman–Crippen LogP) is 7.95. The van der Waals surface area contributed by atoms with Crippen molar-refractivity contribution in [3.8, 4) is 11.5 Å². The first-order valence-electron chi connectivity index (χ1n) is 18.5. The molecule has 4 aliphatic rings. The van der Waals surface area contributed by atoms with E-state index in [1.54, 1.807) is 60.7 Å². The quantitative estimate of drug-likeness (QED) is 0.122. The summed E-state index contributed by atoms with van der Waals surface area (Å²) in [6.07, 6.45) is 2.22. The van der Waals surface area contributed by atoms with Crippen molar-refractivity contribution in [3.05, 3.63) is 167 Å². The van der Waals surface area contributed by atoms with Crippen LogP contribution >= 0.6 is 11.6 Å². The molecule has 0 bridgehead atoms. The van der Waals surface area contributed by atoms with Gasteiger partial charge in [0.2, 0.25) is 11.8 Å². The maximum absolute atomic E-state index is 15.4. The first-order chi connectivity index (χ1) is 27.2. The van der Waals surface area contributed by atoms with Gasteiger partial charge in [0.05, 0.1) is 34.5 Å². The third-order valence-corrected chi connectivity index (χ3v) is 12.1. The van der Waals surface area contributed by atoms with Gasteiger partial charge >= 0.3 is 0 Å². The standard InChI is InChI=1S/C45H35ClFN3O6/c46-28-13-11-27(12-14-28)45-37(42(53)50(44(45)55)48-30-17-15-29(47)16-18-30)24-36-33(21-22-35-39(36)43(54)49(41(35)52)31-9-5-2-6-10-31)40(45)34-20-19-32(23-38(34)51)56-25-26-7-3-1-4-8-26/h1-21,23,35-37,39-40,48,51H,22,24-25H2. The SMILES string of the molecule is O=C1C2CC3C(=CCC4C(=O)N(c5ccccc5)C(=O)C43)C(c3ccc(OCc4ccccc4)cc3O)C2(c2ccc(Cl)cc2)C(=O)N1Nc1ccc(F)cc1. The Kier molecular flexibility index (Phi) is 8.73. The van der Waals surface area contributed by atoms with Crippen LogP contribution in [0.1, 0.15) is 35.4 Å². The summed E-state index contributed by atoms with van der Waals surface area (Å²) in [6.45, 7) is 0.251. The number of carbonyl (C=O) groups excluding carboxylic acids is 4. The lowest BCUT2D eigenvalue weighted by Gasteiger charge is -2.50. The number of amides is 4. The number of phenolic OH excluding ortho intramolecular Hbond substituents is 1. The number of aromatic hydroxyl groups is 1. The number of rotatable bonds is 8. The second-order valence-corrected chi connectivity index (χ2v) is 15.2. The van der Waals surface area contributed by atoms with Crippen molar-refractivity contribution in [2.24, 2.45) is 23.7 Å². The van der Waals surface area contributed by atoms with E-state index in [2.05, 4.69) is 5.43 Å². The zero-order valence-electron chi connectivity index (χ0n) is 29.8. The lowest BCUT2D eigenvalue weighted by Crippen LogP contribution is -2.53. The molecule has 4 amide bonds. The van der Waals surface area contributed by atoms with Gasteiger partial charge < -0.3 is 9.84 Å². The third kappa shape index (κ3) is 5.58. The topological polar surface area (TPSA) is 116 Å². The molecular weight excluding hydrogens is 733 g/mol. The van der Waals surface area contributed by atoms with E-state index in [4.69, 9.17) is 16.3 Å². The molecule has 5 aromatic carbocycles. The molecule has 2 aliphatic heterocycles. The van der Waals surface area contributed by atoms with E-state index < -0.39 is 52.6 Å². The minimum atomic E-state index is -1.64. The van der Waals surface area contributed by atoms with E-state index >= 15 is 4.79 Å². The van der Waals surface area contributed by atoms with Crippen LogP contribution in [0.2, 0.25) is 5.02 Å². The molecule has 6 unspecified atom stereocenters. The number of ether oxygens (including phenoxy) is 1. The van der Waals surface area contributed by atoms with Gasteiger partial charge in [-0.2, -0.15) is 5.01 Å². The van der Waals surface area contributed by atoms with Gasteiger partial charge in [-0.1, -0.05) is 90.0 Å². The Labute approximate surface area is 326 Å². The number of nitrogens with one attached hydrogen (secondary N) is 1.